The molecule has 0 saturated carbocycles. The zero-order valence-electron chi connectivity index (χ0n) is 12.5. The summed E-state index contributed by atoms with van der Waals surface area (Å²) in [5, 5.41) is 1.01. The lowest BCUT2D eigenvalue weighted by Crippen LogP contribution is -2.54. The van der Waals surface area contributed by atoms with E-state index in [-0.39, 0.29) is 12.0 Å². The molecule has 0 radical (unpaired) electrons. The fourth-order valence-corrected chi connectivity index (χ4v) is 3.09. The average Bonchev–Trinajstić information content (AvgIpc) is 2.76. The van der Waals surface area contributed by atoms with Gasteiger partial charge in [0.25, 0.3) is 5.91 Å². The number of carbonyl (C=O) groups excluding carboxylic acids is 1. The van der Waals surface area contributed by atoms with Crippen molar-refractivity contribution in [2.75, 3.05) is 20.2 Å². The van der Waals surface area contributed by atoms with Crippen molar-refractivity contribution < 1.29 is 9.53 Å². The molecule has 1 aromatic carbocycles. The van der Waals surface area contributed by atoms with Gasteiger partial charge in [-0.2, -0.15) is 0 Å². The number of ether oxygens (including phenoxy) is 1. The van der Waals surface area contributed by atoms with Crippen LogP contribution in [0.15, 0.2) is 28.9 Å². The molecule has 1 fully saturated rings. The van der Waals surface area contributed by atoms with Crippen LogP contribution in [0.5, 0.6) is 0 Å². The second-order valence-electron chi connectivity index (χ2n) is 5.77. The molecular formula is C16H19BrN2O2. The number of likely N-dealkylation sites (tertiary alicyclic amines) is 1. The van der Waals surface area contributed by atoms with Crippen LogP contribution in [0.1, 0.15) is 30.2 Å². The monoisotopic (exact) mass is 350 g/mol. The van der Waals surface area contributed by atoms with Crippen molar-refractivity contribution in [1.29, 1.82) is 0 Å². The van der Waals surface area contributed by atoms with Crippen molar-refractivity contribution in [1.82, 2.24) is 9.47 Å². The van der Waals surface area contributed by atoms with E-state index in [2.05, 4.69) is 40.4 Å². The Morgan fingerprint density at radius 1 is 1.38 bits per heavy atom. The first-order chi connectivity index (χ1) is 10.0. The number of halogens is 1. The number of fused-ring (bicyclic) bond motifs is 1. The number of hydrogen-bond donors (Lipinski definition) is 0. The minimum Gasteiger partial charge on any atom is -0.378 e. The smallest absolute Gasteiger partial charge is 0.256 e. The fraction of sp³-hybridized carbons (Fsp3) is 0.438. The molecular weight excluding hydrogens is 332 g/mol. The van der Waals surface area contributed by atoms with Crippen LogP contribution in [-0.4, -0.2) is 41.7 Å². The highest BCUT2D eigenvalue weighted by Gasteiger charge is 2.32. The first kappa shape index (κ1) is 14.6. The summed E-state index contributed by atoms with van der Waals surface area (Å²) in [7, 11) is 1.69. The van der Waals surface area contributed by atoms with Crippen molar-refractivity contribution in [2.45, 2.75) is 26.0 Å². The van der Waals surface area contributed by atoms with Gasteiger partial charge >= 0.3 is 0 Å². The normalized spacial score (nSPS) is 15.8. The van der Waals surface area contributed by atoms with E-state index in [9.17, 15) is 4.79 Å². The van der Waals surface area contributed by atoms with E-state index in [1.807, 2.05) is 23.2 Å². The minimum atomic E-state index is 0.0926. The highest BCUT2D eigenvalue weighted by molar-refractivity contribution is 9.10. The molecule has 0 atom stereocenters. The second kappa shape index (κ2) is 5.46. The number of amides is 1. The molecule has 4 nitrogen and oxygen atoms in total. The highest BCUT2D eigenvalue weighted by Crippen LogP contribution is 2.29. The molecule has 1 aromatic heterocycles. The predicted octanol–water partition coefficient (Wildman–Crippen LogP) is 3.46. The second-order valence-corrected chi connectivity index (χ2v) is 6.69. The Morgan fingerprint density at radius 2 is 2.10 bits per heavy atom. The van der Waals surface area contributed by atoms with Crippen molar-refractivity contribution >= 4 is 32.7 Å². The summed E-state index contributed by atoms with van der Waals surface area (Å²) in [6, 6.07) is 6.38. The van der Waals surface area contributed by atoms with Gasteiger partial charge in [0.2, 0.25) is 0 Å². The van der Waals surface area contributed by atoms with Gasteiger partial charge in [-0.25, -0.2) is 0 Å². The Kier molecular flexibility index (Phi) is 3.80. The maximum Gasteiger partial charge on any atom is 0.256 e. The van der Waals surface area contributed by atoms with Gasteiger partial charge in [-0.15, -0.1) is 0 Å². The van der Waals surface area contributed by atoms with Gasteiger partial charge in [0, 0.05) is 42.3 Å². The highest BCUT2D eigenvalue weighted by atomic mass is 79.9. The summed E-state index contributed by atoms with van der Waals surface area (Å²) < 4.78 is 8.42. The molecule has 0 bridgehead atoms. The molecule has 0 unspecified atom stereocenters. The van der Waals surface area contributed by atoms with Crippen molar-refractivity contribution in [3.8, 4) is 0 Å². The van der Waals surface area contributed by atoms with E-state index >= 15 is 0 Å². The SMILES string of the molecule is COC1CN(C(=O)c2cn(C(C)C)c3cc(Br)ccc23)C1. The third kappa shape index (κ3) is 2.49. The van der Waals surface area contributed by atoms with E-state index in [1.54, 1.807) is 7.11 Å². The average molecular weight is 351 g/mol. The Morgan fingerprint density at radius 3 is 2.71 bits per heavy atom. The van der Waals surface area contributed by atoms with Crippen LogP contribution in [0, 0.1) is 0 Å². The topological polar surface area (TPSA) is 34.5 Å². The first-order valence-electron chi connectivity index (χ1n) is 7.13. The van der Waals surface area contributed by atoms with E-state index in [0.29, 0.717) is 19.1 Å². The summed E-state index contributed by atoms with van der Waals surface area (Å²) in [5.74, 6) is 0.0926. The molecule has 112 valence electrons. The van der Waals surface area contributed by atoms with Gasteiger partial charge in [-0.05, 0) is 26.0 Å². The number of benzene rings is 1. The molecule has 0 spiro atoms. The number of methoxy groups -OCH3 is 1. The van der Waals surface area contributed by atoms with E-state index < -0.39 is 0 Å². The molecule has 1 saturated heterocycles. The quantitative estimate of drug-likeness (QED) is 0.849. The molecule has 2 heterocycles. The zero-order chi connectivity index (χ0) is 15.1. The van der Waals surface area contributed by atoms with Crippen molar-refractivity contribution in [3.05, 3.63) is 34.4 Å². The number of carbonyl (C=O) groups is 1. The lowest BCUT2D eigenvalue weighted by Gasteiger charge is -2.38. The van der Waals surface area contributed by atoms with Crippen LogP contribution in [0.2, 0.25) is 0 Å². The Bertz CT molecular complexity index is 687. The summed E-state index contributed by atoms with van der Waals surface area (Å²) in [6.07, 6.45) is 2.16. The molecule has 1 amide bonds. The molecule has 3 rings (SSSR count). The van der Waals surface area contributed by atoms with Gasteiger partial charge in [0.1, 0.15) is 0 Å². The maximum absolute atomic E-state index is 12.7. The molecule has 0 aliphatic carbocycles. The van der Waals surface area contributed by atoms with Gasteiger partial charge in [0.05, 0.1) is 17.2 Å². The van der Waals surface area contributed by atoms with Gasteiger partial charge in [-0.1, -0.05) is 22.0 Å². The summed E-state index contributed by atoms with van der Waals surface area (Å²) in [6.45, 7) is 5.61. The van der Waals surface area contributed by atoms with Crippen LogP contribution in [0.4, 0.5) is 0 Å². The van der Waals surface area contributed by atoms with Crippen LogP contribution < -0.4 is 0 Å². The van der Waals surface area contributed by atoms with E-state index in [4.69, 9.17) is 4.74 Å². The fourth-order valence-electron chi connectivity index (χ4n) is 2.75. The molecule has 5 heteroatoms. The molecule has 21 heavy (non-hydrogen) atoms. The summed E-state index contributed by atoms with van der Waals surface area (Å²) >= 11 is 3.51. The maximum atomic E-state index is 12.7. The molecule has 1 aliphatic heterocycles. The predicted molar refractivity (Wildman–Crippen MR) is 86.7 cm³/mol. The zero-order valence-corrected chi connectivity index (χ0v) is 14.1. The number of hydrogen-bond acceptors (Lipinski definition) is 2. The lowest BCUT2D eigenvalue weighted by atomic mass is 10.1. The number of nitrogens with zero attached hydrogens (tertiary/aromatic N) is 2. The third-order valence-electron chi connectivity index (χ3n) is 4.05. The van der Waals surface area contributed by atoms with Crippen LogP contribution in [0.3, 0.4) is 0 Å². The van der Waals surface area contributed by atoms with E-state index in [1.165, 1.54) is 0 Å². The number of rotatable bonds is 3. The summed E-state index contributed by atoms with van der Waals surface area (Å²) in [5.41, 5.74) is 1.87. The molecule has 2 aromatic rings. The van der Waals surface area contributed by atoms with E-state index in [0.717, 1.165) is 20.9 Å². The van der Waals surface area contributed by atoms with Crippen molar-refractivity contribution in [2.24, 2.45) is 0 Å². The molecule has 0 N–H and O–H groups in total. The van der Waals surface area contributed by atoms with Gasteiger partial charge in [0.15, 0.2) is 0 Å². The Hall–Kier alpha value is -1.33. The Labute approximate surface area is 132 Å². The van der Waals surface area contributed by atoms with Gasteiger partial charge in [-0.3, -0.25) is 4.79 Å². The first-order valence-corrected chi connectivity index (χ1v) is 7.92. The standard InChI is InChI=1S/C16H19BrN2O2/c1-10(2)19-9-14(13-5-4-11(17)6-15(13)19)16(20)18-7-12(8-18)21-3/h4-6,9-10,12H,7-8H2,1-3H3. The summed E-state index contributed by atoms with van der Waals surface area (Å²) in [4.78, 5) is 14.5. The van der Waals surface area contributed by atoms with Crippen LogP contribution >= 0.6 is 15.9 Å². The molecule has 1 aliphatic rings. The third-order valence-corrected chi connectivity index (χ3v) is 4.54. The lowest BCUT2D eigenvalue weighted by molar-refractivity contribution is -0.0191. The Balaban J connectivity index is 2.01. The number of aromatic nitrogens is 1. The minimum absolute atomic E-state index is 0.0926. The van der Waals surface area contributed by atoms with Crippen LogP contribution in [0.25, 0.3) is 10.9 Å². The van der Waals surface area contributed by atoms with Gasteiger partial charge < -0.3 is 14.2 Å². The largest absolute Gasteiger partial charge is 0.378 e. The van der Waals surface area contributed by atoms with Crippen LogP contribution in [-0.2, 0) is 4.74 Å². The van der Waals surface area contributed by atoms with Crippen molar-refractivity contribution in [3.63, 3.8) is 0 Å².